The van der Waals surface area contributed by atoms with E-state index in [1.807, 2.05) is 30.5 Å². The number of hydrogen-bond donors (Lipinski definition) is 1. The van der Waals surface area contributed by atoms with E-state index in [1.165, 1.54) is 6.92 Å². The number of nitrogens with one attached hydrogen (secondary N) is 1. The molecule has 8 nitrogen and oxygen atoms in total. The number of cyclic esters (lactones) is 1. The lowest BCUT2D eigenvalue weighted by Crippen LogP contribution is -2.40. The Hall–Kier alpha value is -3.42. The van der Waals surface area contributed by atoms with Crippen molar-refractivity contribution in [2.75, 3.05) is 11.4 Å². The van der Waals surface area contributed by atoms with E-state index < -0.39 is 0 Å². The summed E-state index contributed by atoms with van der Waals surface area (Å²) in [6, 6.07) is 9.97. The van der Waals surface area contributed by atoms with Gasteiger partial charge in [0.1, 0.15) is 17.9 Å². The standard InChI is InChI=1S/C23H24N4O4/c1-3-17-10-19(26-31-17)18-6-4-15(11-25-18)14-5-7-20-16(8-14)9-21-22(12-24-13(2)28)30-23(29)27(20)21/h4-8,11,17,21-22H,3,9-10,12H2,1-2H3,(H,24,28)/t17?,21-,22-/m0/s1. The first kappa shape index (κ1) is 19.5. The Morgan fingerprint density at radius 1 is 1.23 bits per heavy atom. The first-order valence-electron chi connectivity index (χ1n) is 10.6. The molecule has 1 aromatic carbocycles. The second-order valence-electron chi connectivity index (χ2n) is 8.15. The Labute approximate surface area is 180 Å². The van der Waals surface area contributed by atoms with Gasteiger partial charge in [0, 0.05) is 25.1 Å². The number of fused-ring (bicyclic) bond motifs is 3. The van der Waals surface area contributed by atoms with E-state index in [2.05, 4.69) is 28.4 Å². The van der Waals surface area contributed by atoms with Crippen LogP contribution in [-0.4, -0.2) is 47.5 Å². The third kappa shape index (κ3) is 3.52. The molecule has 3 aliphatic rings. The van der Waals surface area contributed by atoms with Gasteiger partial charge in [-0.05, 0) is 42.2 Å². The van der Waals surface area contributed by atoms with Crippen LogP contribution in [0.25, 0.3) is 11.1 Å². The number of carbonyl (C=O) groups excluding carboxylic acids is 2. The van der Waals surface area contributed by atoms with Gasteiger partial charge in [-0.1, -0.05) is 24.2 Å². The highest BCUT2D eigenvalue weighted by Gasteiger charge is 2.47. The van der Waals surface area contributed by atoms with Gasteiger partial charge in [-0.15, -0.1) is 0 Å². The van der Waals surface area contributed by atoms with Crippen LogP contribution in [0.15, 0.2) is 41.7 Å². The number of anilines is 1. The van der Waals surface area contributed by atoms with E-state index in [0.29, 0.717) is 13.0 Å². The highest BCUT2D eigenvalue weighted by molar-refractivity contribution is 6.00. The van der Waals surface area contributed by atoms with Crippen LogP contribution in [0.2, 0.25) is 0 Å². The van der Waals surface area contributed by atoms with E-state index >= 15 is 0 Å². The normalized spacial score (nSPS) is 23.7. The molecule has 0 saturated carbocycles. The SMILES string of the molecule is CCC1CC(c2ccc(-c3ccc4c(c3)C[C@H]3[C@H](CNC(C)=O)OC(=O)N43)cn2)=NO1. The van der Waals surface area contributed by atoms with Crippen LogP contribution in [0.4, 0.5) is 10.5 Å². The molecule has 160 valence electrons. The summed E-state index contributed by atoms with van der Waals surface area (Å²) in [7, 11) is 0. The summed E-state index contributed by atoms with van der Waals surface area (Å²) in [6.07, 6.45) is 3.69. The van der Waals surface area contributed by atoms with Crippen molar-refractivity contribution in [2.45, 2.75) is 51.4 Å². The third-order valence-electron chi connectivity index (χ3n) is 6.11. The van der Waals surface area contributed by atoms with Crippen molar-refractivity contribution in [2.24, 2.45) is 5.16 Å². The zero-order valence-corrected chi connectivity index (χ0v) is 17.5. The number of amides is 2. The first-order valence-corrected chi connectivity index (χ1v) is 10.6. The number of nitrogens with zero attached hydrogens (tertiary/aromatic N) is 3. The van der Waals surface area contributed by atoms with Crippen LogP contribution in [-0.2, 0) is 20.8 Å². The van der Waals surface area contributed by atoms with E-state index in [-0.39, 0.29) is 30.3 Å². The Bertz CT molecular complexity index is 1070. The maximum Gasteiger partial charge on any atom is 0.415 e. The van der Waals surface area contributed by atoms with Crippen LogP contribution < -0.4 is 10.2 Å². The van der Waals surface area contributed by atoms with Crippen molar-refractivity contribution < 1.29 is 19.2 Å². The first-order chi connectivity index (χ1) is 15.0. The summed E-state index contributed by atoms with van der Waals surface area (Å²) in [5, 5.41) is 6.91. The fourth-order valence-corrected chi connectivity index (χ4v) is 4.41. The van der Waals surface area contributed by atoms with E-state index in [1.54, 1.807) is 4.90 Å². The maximum absolute atomic E-state index is 12.4. The van der Waals surface area contributed by atoms with Crippen molar-refractivity contribution in [1.29, 1.82) is 0 Å². The summed E-state index contributed by atoms with van der Waals surface area (Å²) in [4.78, 5) is 35.3. The van der Waals surface area contributed by atoms with Crippen molar-refractivity contribution in [3.63, 3.8) is 0 Å². The quantitative estimate of drug-likeness (QED) is 0.803. The number of aromatic nitrogens is 1. The van der Waals surface area contributed by atoms with Crippen molar-refractivity contribution >= 4 is 23.4 Å². The predicted octanol–water partition coefficient (Wildman–Crippen LogP) is 3.04. The van der Waals surface area contributed by atoms with Crippen LogP contribution in [0.5, 0.6) is 0 Å². The molecule has 0 radical (unpaired) electrons. The second-order valence-corrected chi connectivity index (χ2v) is 8.15. The topological polar surface area (TPSA) is 93.1 Å². The monoisotopic (exact) mass is 420 g/mol. The zero-order valence-electron chi connectivity index (χ0n) is 17.5. The Morgan fingerprint density at radius 2 is 2.06 bits per heavy atom. The van der Waals surface area contributed by atoms with Crippen molar-refractivity contribution in [3.05, 3.63) is 47.8 Å². The summed E-state index contributed by atoms with van der Waals surface area (Å²) in [5.41, 5.74) is 5.73. The van der Waals surface area contributed by atoms with Gasteiger partial charge in [0.2, 0.25) is 5.91 Å². The van der Waals surface area contributed by atoms with Gasteiger partial charge in [0.05, 0.1) is 24.0 Å². The minimum Gasteiger partial charge on any atom is -0.442 e. The van der Waals surface area contributed by atoms with Gasteiger partial charge in [-0.3, -0.25) is 14.7 Å². The van der Waals surface area contributed by atoms with Gasteiger partial charge in [0.15, 0.2) is 0 Å². The number of benzene rings is 1. The summed E-state index contributed by atoms with van der Waals surface area (Å²) < 4.78 is 5.47. The summed E-state index contributed by atoms with van der Waals surface area (Å²) in [6.45, 7) is 3.86. The molecule has 1 unspecified atom stereocenters. The largest absolute Gasteiger partial charge is 0.442 e. The van der Waals surface area contributed by atoms with Gasteiger partial charge >= 0.3 is 6.09 Å². The molecule has 0 aliphatic carbocycles. The molecule has 0 spiro atoms. The van der Waals surface area contributed by atoms with E-state index in [9.17, 15) is 9.59 Å². The smallest absolute Gasteiger partial charge is 0.415 e. The number of carbonyl (C=O) groups is 2. The van der Waals surface area contributed by atoms with Crippen molar-refractivity contribution in [1.82, 2.24) is 10.3 Å². The van der Waals surface area contributed by atoms with E-state index in [0.717, 1.165) is 46.6 Å². The van der Waals surface area contributed by atoms with Crippen LogP contribution >= 0.6 is 0 Å². The number of ether oxygens (including phenoxy) is 1. The lowest BCUT2D eigenvalue weighted by molar-refractivity contribution is -0.119. The fourth-order valence-electron chi connectivity index (χ4n) is 4.41. The molecule has 2 aromatic rings. The number of hydrogen-bond acceptors (Lipinski definition) is 6. The van der Waals surface area contributed by atoms with Gasteiger partial charge in [0.25, 0.3) is 0 Å². The molecule has 8 heteroatoms. The maximum atomic E-state index is 12.4. The summed E-state index contributed by atoms with van der Waals surface area (Å²) >= 11 is 0. The molecule has 1 N–H and O–H groups in total. The fraction of sp³-hybridized carbons (Fsp3) is 0.391. The molecule has 4 heterocycles. The second kappa shape index (κ2) is 7.68. The molecule has 5 rings (SSSR count). The highest BCUT2D eigenvalue weighted by atomic mass is 16.6. The zero-order chi connectivity index (χ0) is 21.5. The molecule has 1 saturated heterocycles. The molecular weight excluding hydrogens is 396 g/mol. The van der Waals surface area contributed by atoms with Crippen molar-refractivity contribution in [3.8, 4) is 11.1 Å². The third-order valence-corrected chi connectivity index (χ3v) is 6.11. The molecule has 31 heavy (non-hydrogen) atoms. The Kier molecular flexibility index (Phi) is 4.84. The Balaban J connectivity index is 1.34. The average molecular weight is 420 g/mol. The lowest BCUT2D eigenvalue weighted by Gasteiger charge is -2.16. The number of oxime groups is 1. The lowest BCUT2D eigenvalue weighted by atomic mass is 10.00. The minimum atomic E-state index is -0.359. The molecule has 2 amide bonds. The summed E-state index contributed by atoms with van der Waals surface area (Å²) in [5.74, 6) is -0.136. The number of pyridine rings is 1. The highest BCUT2D eigenvalue weighted by Crippen LogP contribution is 2.40. The average Bonchev–Trinajstić information content (AvgIpc) is 3.47. The van der Waals surface area contributed by atoms with Crippen LogP contribution in [0.3, 0.4) is 0 Å². The predicted molar refractivity (Wildman–Crippen MR) is 115 cm³/mol. The molecule has 3 aliphatic heterocycles. The minimum absolute atomic E-state index is 0.100. The molecule has 0 bridgehead atoms. The number of rotatable bonds is 5. The Morgan fingerprint density at radius 3 is 2.77 bits per heavy atom. The van der Waals surface area contributed by atoms with Crippen LogP contribution in [0.1, 0.15) is 37.9 Å². The molecule has 3 atom stereocenters. The van der Waals surface area contributed by atoms with E-state index in [4.69, 9.17) is 9.57 Å². The van der Waals surface area contributed by atoms with Gasteiger partial charge in [-0.25, -0.2) is 4.79 Å². The molecule has 1 fully saturated rings. The molecular formula is C23H24N4O4. The van der Waals surface area contributed by atoms with Gasteiger partial charge in [-0.2, -0.15) is 0 Å². The van der Waals surface area contributed by atoms with Crippen LogP contribution in [0, 0.1) is 0 Å². The van der Waals surface area contributed by atoms with Gasteiger partial charge < -0.3 is 14.9 Å². The molecule has 1 aromatic heterocycles.